The zero-order valence-corrected chi connectivity index (χ0v) is 10.4. The van der Waals surface area contributed by atoms with Crippen molar-refractivity contribution in [2.24, 2.45) is 0 Å². The number of anilines is 2. The van der Waals surface area contributed by atoms with Crippen molar-refractivity contribution in [2.75, 3.05) is 10.6 Å². The molecule has 98 valence electrons. The van der Waals surface area contributed by atoms with Crippen molar-refractivity contribution >= 4 is 17.3 Å². The molecular weight excluding hydrogens is 257 g/mol. The van der Waals surface area contributed by atoms with E-state index in [1.165, 1.54) is 18.2 Å². The molecule has 1 unspecified atom stereocenters. The zero-order chi connectivity index (χ0) is 14.1. The van der Waals surface area contributed by atoms with E-state index in [0.717, 1.165) is 0 Å². The summed E-state index contributed by atoms with van der Waals surface area (Å²) in [5, 5.41) is 14.7. The quantitative estimate of drug-likeness (QED) is 0.879. The molecule has 1 aliphatic rings. The van der Waals surface area contributed by atoms with Gasteiger partial charge in [-0.05, 0) is 30.3 Å². The van der Waals surface area contributed by atoms with E-state index in [1.54, 1.807) is 24.3 Å². The van der Waals surface area contributed by atoms with E-state index in [2.05, 4.69) is 16.7 Å². The Morgan fingerprint density at radius 2 is 2.05 bits per heavy atom. The Morgan fingerprint density at radius 1 is 1.25 bits per heavy atom. The molecule has 0 bridgehead atoms. The van der Waals surface area contributed by atoms with Gasteiger partial charge in [-0.1, -0.05) is 12.1 Å². The summed E-state index contributed by atoms with van der Waals surface area (Å²) in [6.45, 7) is 0. The number of benzene rings is 2. The van der Waals surface area contributed by atoms with Gasteiger partial charge in [-0.25, -0.2) is 4.39 Å². The molecule has 2 aromatic rings. The van der Waals surface area contributed by atoms with Gasteiger partial charge in [0, 0.05) is 11.3 Å². The first-order chi connectivity index (χ1) is 9.69. The fraction of sp³-hybridized carbons (Fsp3) is 0.0667. The molecule has 2 aromatic carbocycles. The van der Waals surface area contributed by atoms with Crippen molar-refractivity contribution < 1.29 is 9.18 Å². The number of rotatable bonds is 2. The van der Waals surface area contributed by atoms with Crippen LogP contribution in [0.15, 0.2) is 42.5 Å². The van der Waals surface area contributed by atoms with Crippen molar-refractivity contribution in [3.8, 4) is 6.07 Å². The van der Waals surface area contributed by atoms with E-state index in [9.17, 15) is 9.18 Å². The number of nitriles is 1. The average Bonchev–Trinajstić information content (AvgIpc) is 2.76. The Hall–Kier alpha value is -2.87. The maximum atomic E-state index is 13.3. The molecule has 0 saturated carbocycles. The summed E-state index contributed by atoms with van der Waals surface area (Å²) in [4.78, 5) is 12.0. The van der Waals surface area contributed by atoms with Crippen molar-refractivity contribution in [1.29, 1.82) is 5.26 Å². The lowest BCUT2D eigenvalue weighted by Gasteiger charge is -2.14. The van der Waals surface area contributed by atoms with Gasteiger partial charge >= 0.3 is 0 Å². The summed E-state index contributed by atoms with van der Waals surface area (Å²) < 4.78 is 13.3. The molecule has 2 N–H and O–H groups in total. The van der Waals surface area contributed by atoms with Gasteiger partial charge in [0.25, 0.3) is 5.91 Å². The fourth-order valence-electron chi connectivity index (χ4n) is 2.24. The topological polar surface area (TPSA) is 64.9 Å². The highest BCUT2D eigenvalue weighted by Gasteiger charge is 2.31. The van der Waals surface area contributed by atoms with E-state index >= 15 is 0 Å². The van der Waals surface area contributed by atoms with Crippen LogP contribution in [0.25, 0.3) is 0 Å². The Balaban J connectivity index is 1.98. The highest BCUT2D eigenvalue weighted by atomic mass is 19.1. The van der Waals surface area contributed by atoms with E-state index < -0.39 is 11.9 Å². The molecule has 0 fully saturated rings. The zero-order valence-electron chi connectivity index (χ0n) is 10.4. The van der Waals surface area contributed by atoms with Crippen molar-refractivity contribution in [1.82, 2.24) is 0 Å². The molecule has 20 heavy (non-hydrogen) atoms. The maximum absolute atomic E-state index is 13.3. The van der Waals surface area contributed by atoms with Crippen molar-refractivity contribution in [2.45, 2.75) is 6.04 Å². The Morgan fingerprint density at radius 3 is 2.85 bits per heavy atom. The third kappa shape index (κ3) is 1.97. The van der Waals surface area contributed by atoms with E-state index in [1.807, 2.05) is 0 Å². The Labute approximate surface area is 114 Å². The Kier molecular flexibility index (Phi) is 2.84. The maximum Gasteiger partial charge on any atom is 0.251 e. The number of halogens is 1. The van der Waals surface area contributed by atoms with Crippen LogP contribution in [-0.2, 0) is 4.79 Å². The van der Waals surface area contributed by atoms with Gasteiger partial charge in [-0.2, -0.15) is 5.26 Å². The van der Waals surface area contributed by atoms with Gasteiger partial charge in [-0.3, -0.25) is 4.79 Å². The molecule has 1 amide bonds. The van der Waals surface area contributed by atoms with E-state index in [-0.39, 0.29) is 5.91 Å². The SMILES string of the molecule is N#Cc1ccccc1NC1C(=O)Nc2ccc(F)cc21. The van der Waals surface area contributed by atoms with E-state index in [4.69, 9.17) is 5.26 Å². The molecule has 1 heterocycles. The van der Waals surface area contributed by atoms with Crippen LogP contribution in [-0.4, -0.2) is 5.91 Å². The predicted octanol–water partition coefficient (Wildman–Crippen LogP) is 2.80. The van der Waals surface area contributed by atoms with Crippen LogP contribution >= 0.6 is 0 Å². The van der Waals surface area contributed by atoms with Gasteiger partial charge in [0.2, 0.25) is 0 Å². The van der Waals surface area contributed by atoms with Gasteiger partial charge in [-0.15, -0.1) is 0 Å². The van der Waals surface area contributed by atoms with Gasteiger partial charge in [0.1, 0.15) is 17.9 Å². The lowest BCUT2D eigenvalue weighted by atomic mass is 10.1. The molecule has 3 rings (SSSR count). The second-order valence-electron chi connectivity index (χ2n) is 4.46. The lowest BCUT2D eigenvalue weighted by molar-refractivity contribution is -0.116. The first kappa shape index (κ1) is 12.2. The largest absolute Gasteiger partial charge is 0.369 e. The first-order valence-corrected chi connectivity index (χ1v) is 6.05. The minimum absolute atomic E-state index is 0.265. The highest BCUT2D eigenvalue weighted by Crippen LogP contribution is 2.34. The Bertz CT molecular complexity index is 736. The second-order valence-corrected chi connectivity index (χ2v) is 4.46. The van der Waals surface area contributed by atoms with Crippen LogP contribution in [0.5, 0.6) is 0 Å². The smallest absolute Gasteiger partial charge is 0.251 e. The van der Waals surface area contributed by atoms with Crippen molar-refractivity contribution in [3.05, 3.63) is 59.4 Å². The molecule has 0 aliphatic carbocycles. The third-order valence-corrected chi connectivity index (χ3v) is 3.19. The molecule has 0 aromatic heterocycles. The van der Waals surface area contributed by atoms with Gasteiger partial charge in [0.15, 0.2) is 0 Å². The van der Waals surface area contributed by atoms with Gasteiger partial charge < -0.3 is 10.6 Å². The summed E-state index contributed by atoms with van der Waals surface area (Å²) >= 11 is 0. The molecule has 1 aliphatic heterocycles. The number of hydrogen-bond acceptors (Lipinski definition) is 3. The summed E-state index contributed by atoms with van der Waals surface area (Å²) in [5.41, 5.74) is 2.11. The van der Waals surface area contributed by atoms with Crippen LogP contribution in [0.4, 0.5) is 15.8 Å². The minimum Gasteiger partial charge on any atom is -0.369 e. The van der Waals surface area contributed by atoms with Crippen LogP contribution in [0.2, 0.25) is 0 Å². The number of hydrogen-bond donors (Lipinski definition) is 2. The molecule has 1 atom stereocenters. The number of carbonyl (C=O) groups is 1. The molecule has 0 radical (unpaired) electrons. The summed E-state index contributed by atoms with van der Waals surface area (Å²) in [6.07, 6.45) is 0. The molecule has 0 saturated heterocycles. The number of carbonyl (C=O) groups excluding carboxylic acids is 1. The number of amides is 1. The number of nitrogens with zero attached hydrogens (tertiary/aromatic N) is 1. The minimum atomic E-state index is -0.699. The normalized spacial score (nSPS) is 16.2. The van der Waals surface area contributed by atoms with Crippen LogP contribution in [0.3, 0.4) is 0 Å². The first-order valence-electron chi connectivity index (χ1n) is 6.05. The molecule has 0 spiro atoms. The second kappa shape index (κ2) is 4.67. The number of fused-ring (bicyclic) bond motifs is 1. The molecule has 5 heteroatoms. The monoisotopic (exact) mass is 267 g/mol. The molecular formula is C15H10FN3O. The summed E-state index contributed by atoms with van der Waals surface area (Å²) in [7, 11) is 0. The van der Waals surface area contributed by atoms with Gasteiger partial charge in [0.05, 0.1) is 11.3 Å². The predicted molar refractivity (Wildman–Crippen MR) is 72.6 cm³/mol. The summed E-state index contributed by atoms with van der Waals surface area (Å²) in [6, 6.07) is 12.4. The molecule has 4 nitrogen and oxygen atoms in total. The van der Waals surface area contributed by atoms with Crippen LogP contribution in [0.1, 0.15) is 17.2 Å². The van der Waals surface area contributed by atoms with E-state index in [0.29, 0.717) is 22.5 Å². The number of para-hydroxylation sites is 1. The van der Waals surface area contributed by atoms with Crippen LogP contribution < -0.4 is 10.6 Å². The number of nitrogens with one attached hydrogen (secondary N) is 2. The average molecular weight is 267 g/mol. The van der Waals surface area contributed by atoms with Crippen LogP contribution in [0, 0.1) is 17.1 Å². The standard InChI is InChI=1S/C15H10FN3O/c16-10-5-6-13-11(7-10)14(15(20)19-13)18-12-4-2-1-3-9(12)8-17/h1-7,14,18H,(H,19,20). The fourth-order valence-corrected chi connectivity index (χ4v) is 2.24. The summed E-state index contributed by atoms with van der Waals surface area (Å²) in [5.74, 6) is -0.668. The third-order valence-electron chi connectivity index (χ3n) is 3.19. The lowest BCUT2D eigenvalue weighted by Crippen LogP contribution is -2.20. The van der Waals surface area contributed by atoms with Crippen molar-refractivity contribution in [3.63, 3.8) is 0 Å². The highest BCUT2D eigenvalue weighted by molar-refractivity contribution is 6.04.